The summed E-state index contributed by atoms with van der Waals surface area (Å²) in [6.45, 7) is 1.91. The molecule has 2 atom stereocenters. The second kappa shape index (κ2) is 5.57. The lowest BCUT2D eigenvalue weighted by atomic mass is 9.87. The minimum atomic E-state index is -0.763. The predicted octanol–water partition coefficient (Wildman–Crippen LogP) is 2.31. The van der Waals surface area contributed by atoms with Crippen molar-refractivity contribution in [3.63, 3.8) is 0 Å². The average molecular weight is 316 g/mol. The van der Waals surface area contributed by atoms with Crippen molar-refractivity contribution in [1.82, 2.24) is 15.0 Å². The van der Waals surface area contributed by atoms with E-state index in [1.807, 2.05) is 14.0 Å². The number of aromatic hydroxyl groups is 1. The largest absolute Gasteiger partial charge is 0.508 e. The maximum Gasteiger partial charge on any atom is 0.405 e. The van der Waals surface area contributed by atoms with Gasteiger partial charge in [0.2, 0.25) is 0 Å². The van der Waals surface area contributed by atoms with Gasteiger partial charge < -0.3 is 15.6 Å². The average Bonchev–Trinajstić information content (AvgIpc) is 3.02. The van der Waals surface area contributed by atoms with Crippen LogP contribution in [0.1, 0.15) is 37.8 Å². The number of aromatic nitrogens is 3. The fraction of sp³-hybridized carbons (Fsp3) is 0.438. The number of ether oxygens (including phenoxy) is 1. The Balaban J connectivity index is 2.04. The summed E-state index contributed by atoms with van der Waals surface area (Å²) in [5.74, 6) is 0.167. The van der Waals surface area contributed by atoms with Gasteiger partial charge >= 0.3 is 6.09 Å². The van der Waals surface area contributed by atoms with Crippen LogP contribution >= 0.6 is 0 Å². The third-order valence-corrected chi connectivity index (χ3v) is 4.58. The molecule has 1 aromatic heterocycles. The van der Waals surface area contributed by atoms with Crippen LogP contribution in [-0.4, -0.2) is 31.8 Å². The molecule has 2 unspecified atom stereocenters. The minimum absolute atomic E-state index is 0.0289. The molecule has 1 heterocycles. The quantitative estimate of drug-likeness (QED) is 0.904. The van der Waals surface area contributed by atoms with Crippen LogP contribution in [0.2, 0.25) is 0 Å². The van der Waals surface area contributed by atoms with Crippen LogP contribution in [0.5, 0.6) is 5.75 Å². The van der Waals surface area contributed by atoms with Gasteiger partial charge in [-0.2, -0.15) is 0 Å². The Hall–Kier alpha value is -2.57. The van der Waals surface area contributed by atoms with Gasteiger partial charge in [0.25, 0.3) is 0 Å². The van der Waals surface area contributed by atoms with E-state index < -0.39 is 11.7 Å². The number of primary amides is 1. The van der Waals surface area contributed by atoms with E-state index in [0.29, 0.717) is 0 Å². The monoisotopic (exact) mass is 316 g/mol. The first-order valence-electron chi connectivity index (χ1n) is 7.58. The van der Waals surface area contributed by atoms with Crippen molar-refractivity contribution < 1.29 is 14.6 Å². The number of phenols is 1. The van der Waals surface area contributed by atoms with Crippen molar-refractivity contribution in [3.8, 4) is 17.0 Å². The maximum absolute atomic E-state index is 11.3. The molecule has 2 aromatic rings. The van der Waals surface area contributed by atoms with E-state index in [0.717, 1.165) is 36.2 Å². The summed E-state index contributed by atoms with van der Waals surface area (Å²) in [5, 5.41) is 17.9. The SMILES string of the molecule is Cn1nnc(-c2ccc(O)cc2)c1C1CCCC1(C)OC(N)=O. The predicted molar refractivity (Wildman–Crippen MR) is 83.8 cm³/mol. The summed E-state index contributed by atoms with van der Waals surface area (Å²) >= 11 is 0. The van der Waals surface area contributed by atoms with E-state index in [1.54, 1.807) is 28.9 Å². The lowest BCUT2D eigenvalue weighted by Gasteiger charge is -2.31. The van der Waals surface area contributed by atoms with Crippen molar-refractivity contribution in [2.45, 2.75) is 37.7 Å². The lowest BCUT2D eigenvalue weighted by Crippen LogP contribution is -2.37. The highest BCUT2D eigenvalue weighted by Gasteiger charge is 2.45. The Kier molecular flexibility index (Phi) is 3.71. The summed E-state index contributed by atoms with van der Waals surface area (Å²) < 4.78 is 7.15. The van der Waals surface area contributed by atoms with Crippen LogP contribution in [0.25, 0.3) is 11.3 Å². The van der Waals surface area contributed by atoms with Gasteiger partial charge in [0.1, 0.15) is 17.0 Å². The summed E-state index contributed by atoms with van der Waals surface area (Å²) in [4.78, 5) is 11.3. The normalized spacial score (nSPS) is 23.8. The van der Waals surface area contributed by atoms with Crippen LogP contribution in [-0.2, 0) is 11.8 Å². The summed E-state index contributed by atoms with van der Waals surface area (Å²) in [5.41, 5.74) is 7.10. The second-order valence-electron chi connectivity index (χ2n) is 6.17. The number of phenolic OH excluding ortho intramolecular Hbond substituents is 1. The van der Waals surface area contributed by atoms with Crippen molar-refractivity contribution in [1.29, 1.82) is 0 Å². The molecule has 122 valence electrons. The first-order valence-corrected chi connectivity index (χ1v) is 7.58. The molecule has 1 aliphatic rings. The highest BCUT2D eigenvalue weighted by Crippen LogP contribution is 2.47. The van der Waals surface area contributed by atoms with Crippen molar-refractivity contribution in [2.75, 3.05) is 0 Å². The highest BCUT2D eigenvalue weighted by atomic mass is 16.6. The molecule has 1 amide bonds. The highest BCUT2D eigenvalue weighted by molar-refractivity contribution is 5.66. The molecule has 1 aromatic carbocycles. The second-order valence-corrected chi connectivity index (χ2v) is 6.17. The molecular formula is C16H20N4O3. The van der Waals surface area contributed by atoms with E-state index in [1.165, 1.54) is 0 Å². The zero-order valence-corrected chi connectivity index (χ0v) is 13.2. The van der Waals surface area contributed by atoms with Gasteiger partial charge in [-0.1, -0.05) is 5.21 Å². The number of hydrogen-bond acceptors (Lipinski definition) is 5. The van der Waals surface area contributed by atoms with E-state index in [9.17, 15) is 9.90 Å². The minimum Gasteiger partial charge on any atom is -0.508 e. The van der Waals surface area contributed by atoms with Crippen LogP contribution in [0.15, 0.2) is 24.3 Å². The molecule has 1 saturated carbocycles. The Labute approximate surface area is 134 Å². The number of carbonyl (C=O) groups excluding carboxylic acids is 1. The summed E-state index contributed by atoms with van der Waals surface area (Å²) in [6, 6.07) is 6.82. The molecule has 0 bridgehead atoms. The number of nitrogens with zero attached hydrogens (tertiary/aromatic N) is 3. The van der Waals surface area contributed by atoms with E-state index in [2.05, 4.69) is 10.3 Å². The molecule has 1 fully saturated rings. The Bertz CT molecular complexity index is 725. The van der Waals surface area contributed by atoms with Gasteiger partial charge in [-0.25, -0.2) is 4.79 Å². The molecule has 23 heavy (non-hydrogen) atoms. The number of benzene rings is 1. The van der Waals surface area contributed by atoms with Gasteiger partial charge in [0, 0.05) is 18.5 Å². The Morgan fingerprint density at radius 1 is 1.43 bits per heavy atom. The van der Waals surface area contributed by atoms with E-state index in [4.69, 9.17) is 10.5 Å². The van der Waals surface area contributed by atoms with Crippen LogP contribution in [0.3, 0.4) is 0 Å². The van der Waals surface area contributed by atoms with Gasteiger partial charge in [0.05, 0.1) is 5.69 Å². The first-order chi connectivity index (χ1) is 10.9. The van der Waals surface area contributed by atoms with Gasteiger partial charge in [-0.3, -0.25) is 4.68 Å². The number of nitrogens with two attached hydrogens (primary N) is 1. The van der Waals surface area contributed by atoms with Crippen molar-refractivity contribution in [3.05, 3.63) is 30.0 Å². The Morgan fingerprint density at radius 3 is 2.78 bits per heavy atom. The molecule has 7 nitrogen and oxygen atoms in total. The standard InChI is InChI=1S/C16H20N4O3/c1-16(23-15(17)22)9-3-4-12(16)14-13(18-19-20(14)2)10-5-7-11(21)8-6-10/h5-8,12,21H,3-4,9H2,1-2H3,(H2,17,22). The number of amides is 1. The maximum atomic E-state index is 11.3. The van der Waals surface area contributed by atoms with E-state index >= 15 is 0 Å². The number of hydrogen-bond donors (Lipinski definition) is 2. The molecule has 7 heteroatoms. The van der Waals surface area contributed by atoms with Crippen LogP contribution in [0, 0.1) is 0 Å². The van der Waals surface area contributed by atoms with Crippen molar-refractivity contribution in [2.24, 2.45) is 12.8 Å². The van der Waals surface area contributed by atoms with Crippen molar-refractivity contribution >= 4 is 6.09 Å². The zero-order valence-electron chi connectivity index (χ0n) is 13.2. The third kappa shape index (κ3) is 2.74. The van der Waals surface area contributed by atoms with Gasteiger partial charge in [-0.15, -0.1) is 5.10 Å². The topological polar surface area (TPSA) is 103 Å². The molecular weight excluding hydrogens is 296 g/mol. The molecule has 0 spiro atoms. The zero-order chi connectivity index (χ0) is 16.6. The first kappa shape index (κ1) is 15.3. The summed E-state index contributed by atoms with van der Waals surface area (Å²) in [6.07, 6.45) is 1.80. The number of carbonyl (C=O) groups is 1. The molecule has 1 aliphatic carbocycles. The number of rotatable bonds is 3. The van der Waals surface area contributed by atoms with Gasteiger partial charge in [0.15, 0.2) is 0 Å². The van der Waals surface area contributed by atoms with Gasteiger partial charge in [-0.05, 0) is 50.5 Å². The molecule has 3 N–H and O–H groups in total. The van der Waals surface area contributed by atoms with E-state index in [-0.39, 0.29) is 11.7 Å². The smallest absolute Gasteiger partial charge is 0.405 e. The number of aryl methyl sites for hydroxylation is 1. The Morgan fingerprint density at radius 2 is 2.13 bits per heavy atom. The third-order valence-electron chi connectivity index (χ3n) is 4.58. The molecule has 3 rings (SSSR count). The fourth-order valence-electron chi connectivity index (χ4n) is 3.49. The van der Waals surface area contributed by atoms with Crippen LogP contribution in [0.4, 0.5) is 4.79 Å². The molecule has 0 aliphatic heterocycles. The summed E-state index contributed by atoms with van der Waals surface area (Å²) in [7, 11) is 1.83. The lowest BCUT2D eigenvalue weighted by molar-refractivity contribution is 0.0218. The fourth-order valence-corrected chi connectivity index (χ4v) is 3.49. The molecule has 0 radical (unpaired) electrons. The molecule has 0 saturated heterocycles. The van der Waals surface area contributed by atoms with Crippen LogP contribution < -0.4 is 5.73 Å².